The van der Waals surface area contributed by atoms with Crippen LogP contribution in [0.5, 0.6) is 28.7 Å². The summed E-state index contributed by atoms with van der Waals surface area (Å²) in [6.45, 7) is 0. The number of hydrogen-bond acceptors (Lipinski definition) is 7. The predicted molar refractivity (Wildman–Crippen MR) is 117 cm³/mol. The topological polar surface area (TPSA) is 80.3 Å². The zero-order chi connectivity index (χ0) is 22.7. The Bertz CT molecular complexity index is 1210. The van der Waals surface area contributed by atoms with Gasteiger partial charge in [0.15, 0.2) is 17.3 Å². The summed E-state index contributed by atoms with van der Waals surface area (Å²) in [6, 6.07) is 16.5. The van der Waals surface area contributed by atoms with Gasteiger partial charge in [0, 0.05) is 11.6 Å². The molecule has 0 N–H and O–H groups in total. The molecule has 0 amide bonds. The number of carbonyl (C=O) groups excluding carboxylic acids is 2. The van der Waals surface area contributed by atoms with E-state index in [9.17, 15) is 9.59 Å². The van der Waals surface area contributed by atoms with Crippen LogP contribution in [-0.2, 0) is 0 Å². The van der Waals surface area contributed by atoms with Gasteiger partial charge in [-0.05, 0) is 48.5 Å². The normalized spacial score (nSPS) is 13.3. The van der Waals surface area contributed by atoms with Crippen LogP contribution < -0.4 is 23.7 Å². The fourth-order valence-corrected chi connectivity index (χ4v) is 3.29. The largest absolute Gasteiger partial charge is 0.497 e. The van der Waals surface area contributed by atoms with Crippen molar-refractivity contribution in [3.05, 3.63) is 83.1 Å². The molecular formula is C25H20O7. The number of fused-ring (bicyclic) bond motifs is 1. The molecule has 7 heteroatoms. The smallest absolute Gasteiger partial charge is 0.343 e. The Balaban J connectivity index is 1.56. The molecule has 0 radical (unpaired) electrons. The van der Waals surface area contributed by atoms with Gasteiger partial charge in [-0.1, -0.05) is 12.1 Å². The van der Waals surface area contributed by atoms with Crippen molar-refractivity contribution in [2.45, 2.75) is 0 Å². The van der Waals surface area contributed by atoms with Crippen LogP contribution in [0.4, 0.5) is 0 Å². The highest BCUT2D eigenvalue weighted by Crippen LogP contribution is 2.37. The third-order valence-electron chi connectivity index (χ3n) is 4.90. The lowest BCUT2D eigenvalue weighted by Gasteiger charge is -2.10. The monoisotopic (exact) mass is 432 g/mol. The molecular weight excluding hydrogens is 412 g/mol. The first kappa shape index (κ1) is 21.0. The van der Waals surface area contributed by atoms with Gasteiger partial charge >= 0.3 is 5.97 Å². The molecule has 0 fully saturated rings. The van der Waals surface area contributed by atoms with Crippen molar-refractivity contribution in [2.75, 3.05) is 21.3 Å². The van der Waals surface area contributed by atoms with Crippen LogP contribution in [0.3, 0.4) is 0 Å². The molecule has 0 bridgehead atoms. The van der Waals surface area contributed by atoms with E-state index in [-0.39, 0.29) is 17.3 Å². The Morgan fingerprint density at radius 1 is 0.875 bits per heavy atom. The Labute approximate surface area is 184 Å². The molecule has 7 nitrogen and oxygen atoms in total. The maximum absolute atomic E-state index is 12.8. The van der Waals surface area contributed by atoms with Crippen molar-refractivity contribution >= 4 is 17.8 Å². The minimum Gasteiger partial charge on any atom is -0.497 e. The molecule has 0 aliphatic carbocycles. The Kier molecular flexibility index (Phi) is 5.81. The third kappa shape index (κ3) is 4.00. The average Bonchev–Trinajstić information content (AvgIpc) is 3.13. The van der Waals surface area contributed by atoms with Crippen molar-refractivity contribution in [1.82, 2.24) is 0 Å². The SMILES string of the molecule is COc1ccc(C(=O)Oc2ccc3c(c2)O/C(=C\c2cccc(OC)c2OC)C3=O)cc1. The molecule has 3 aromatic carbocycles. The van der Waals surface area contributed by atoms with E-state index < -0.39 is 5.97 Å². The van der Waals surface area contributed by atoms with Gasteiger partial charge in [-0.3, -0.25) is 4.79 Å². The van der Waals surface area contributed by atoms with Crippen molar-refractivity contribution in [1.29, 1.82) is 0 Å². The van der Waals surface area contributed by atoms with Crippen molar-refractivity contribution in [3.63, 3.8) is 0 Å². The number of allylic oxidation sites excluding steroid dienone is 1. The first-order valence-corrected chi connectivity index (χ1v) is 9.69. The maximum Gasteiger partial charge on any atom is 0.343 e. The number of para-hydroxylation sites is 1. The second-order valence-corrected chi connectivity index (χ2v) is 6.80. The van der Waals surface area contributed by atoms with E-state index in [4.69, 9.17) is 23.7 Å². The summed E-state index contributed by atoms with van der Waals surface area (Å²) in [6.07, 6.45) is 1.59. The molecule has 3 aromatic rings. The van der Waals surface area contributed by atoms with Gasteiger partial charge < -0.3 is 23.7 Å². The van der Waals surface area contributed by atoms with Crippen LogP contribution in [0.1, 0.15) is 26.3 Å². The van der Waals surface area contributed by atoms with Crippen LogP contribution in [0.25, 0.3) is 6.08 Å². The Morgan fingerprint density at radius 2 is 1.62 bits per heavy atom. The average molecular weight is 432 g/mol. The highest BCUT2D eigenvalue weighted by Gasteiger charge is 2.28. The molecule has 0 saturated heterocycles. The second kappa shape index (κ2) is 8.85. The highest BCUT2D eigenvalue weighted by molar-refractivity contribution is 6.14. The molecule has 0 unspecified atom stereocenters. The number of hydrogen-bond donors (Lipinski definition) is 0. The van der Waals surface area contributed by atoms with Gasteiger partial charge in [-0.2, -0.15) is 0 Å². The predicted octanol–water partition coefficient (Wildman–Crippen LogP) is 4.55. The number of rotatable bonds is 6. The number of ether oxygens (including phenoxy) is 5. The van der Waals surface area contributed by atoms with Crippen LogP contribution in [0.2, 0.25) is 0 Å². The lowest BCUT2D eigenvalue weighted by atomic mass is 10.1. The van der Waals surface area contributed by atoms with Crippen LogP contribution in [0.15, 0.2) is 66.4 Å². The van der Waals surface area contributed by atoms with E-state index in [1.54, 1.807) is 67.8 Å². The zero-order valence-corrected chi connectivity index (χ0v) is 17.7. The van der Waals surface area contributed by atoms with Gasteiger partial charge in [-0.25, -0.2) is 4.79 Å². The fourth-order valence-electron chi connectivity index (χ4n) is 3.29. The Morgan fingerprint density at radius 3 is 2.31 bits per heavy atom. The van der Waals surface area contributed by atoms with E-state index in [0.717, 1.165) is 0 Å². The van der Waals surface area contributed by atoms with Gasteiger partial charge in [0.25, 0.3) is 0 Å². The van der Waals surface area contributed by atoms with E-state index >= 15 is 0 Å². The quantitative estimate of drug-likeness (QED) is 0.321. The maximum atomic E-state index is 12.8. The fraction of sp³-hybridized carbons (Fsp3) is 0.120. The summed E-state index contributed by atoms with van der Waals surface area (Å²) in [4.78, 5) is 25.2. The van der Waals surface area contributed by atoms with Crippen molar-refractivity contribution in [3.8, 4) is 28.7 Å². The molecule has 4 rings (SSSR count). The van der Waals surface area contributed by atoms with Crippen LogP contribution in [-0.4, -0.2) is 33.1 Å². The molecule has 32 heavy (non-hydrogen) atoms. The van der Waals surface area contributed by atoms with E-state index in [1.807, 2.05) is 0 Å². The number of benzene rings is 3. The van der Waals surface area contributed by atoms with Crippen molar-refractivity contribution < 1.29 is 33.3 Å². The second-order valence-electron chi connectivity index (χ2n) is 6.80. The number of esters is 1. The van der Waals surface area contributed by atoms with Gasteiger partial charge in [0.1, 0.15) is 17.2 Å². The molecule has 0 atom stereocenters. The van der Waals surface area contributed by atoms with E-state index in [0.29, 0.717) is 39.7 Å². The lowest BCUT2D eigenvalue weighted by Crippen LogP contribution is -2.08. The summed E-state index contributed by atoms with van der Waals surface area (Å²) in [5.41, 5.74) is 1.38. The summed E-state index contributed by atoms with van der Waals surface area (Å²) >= 11 is 0. The minimum atomic E-state index is -0.534. The molecule has 1 aliphatic rings. The molecule has 0 spiro atoms. The molecule has 162 valence electrons. The van der Waals surface area contributed by atoms with E-state index in [2.05, 4.69) is 0 Å². The molecule has 1 aliphatic heterocycles. The first-order valence-electron chi connectivity index (χ1n) is 9.69. The molecule has 0 saturated carbocycles. The lowest BCUT2D eigenvalue weighted by molar-refractivity contribution is 0.0734. The summed E-state index contributed by atoms with van der Waals surface area (Å²) in [5.74, 6) is 1.55. The number of carbonyl (C=O) groups is 2. The number of methoxy groups -OCH3 is 3. The van der Waals surface area contributed by atoms with Crippen LogP contribution in [0, 0.1) is 0 Å². The summed E-state index contributed by atoms with van der Waals surface area (Å²) < 4.78 is 27.0. The standard InChI is InChI=1S/C25H20O7/c1-28-17-9-7-15(8-10-17)25(27)31-18-11-12-19-21(14-18)32-22(23(19)26)13-16-5-4-6-20(29-2)24(16)30-3/h4-14H,1-3H3/b22-13-. The minimum absolute atomic E-state index is 0.130. The van der Waals surface area contributed by atoms with Gasteiger partial charge in [0.05, 0.1) is 32.5 Å². The molecule has 1 heterocycles. The zero-order valence-electron chi connectivity index (χ0n) is 17.7. The molecule has 0 aromatic heterocycles. The Hall–Kier alpha value is -4.26. The van der Waals surface area contributed by atoms with E-state index in [1.165, 1.54) is 20.3 Å². The number of Topliss-reactive ketones (excluding diaryl/α,β-unsaturated/α-hetero) is 1. The van der Waals surface area contributed by atoms with Gasteiger partial charge in [0.2, 0.25) is 5.78 Å². The van der Waals surface area contributed by atoms with Crippen molar-refractivity contribution in [2.24, 2.45) is 0 Å². The first-order chi connectivity index (χ1) is 15.5. The number of ketones is 1. The third-order valence-corrected chi connectivity index (χ3v) is 4.90. The summed E-state index contributed by atoms with van der Waals surface area (Å²) in [7, 11) is 4.61. The van der Waals surface area contributed by atoms with Gasteiger partial charge in [-0.15, -0.1) is 0 Å². The van der Waals surface area contributed by atoms with Crippen LogP contribution >= 0.6 is 0 Å². The highest BCUT2D eigenvalue weighted by atomic mass is 16.5. The summed E-state index contributed by atoms with van der Waals surface area (Å²) in [5, 5.41) is 0.